The van der Waals surface area contributed by atoms with Crippen molar-refractivity contribution in [2.45, 2.75) is 31.8 Å². The molecular weight excluding hydrogens is 252 g/mol. The van der Waals surface area contributed by atoms with Crippen LogP contribution < -0.4 is 14.8 Å². The number of piperidine rings is 1. The monoisotopic (exact) mass is 278 g/mol. The smallest absolute Gasteiger partial charge is 0.165 e. The van der Waals surface area contributed by atoms with Gasteiger partial charge in [-0.25, -0.2) is 0 Å². The maximum absolute atomic E-state index is 5.49. The largest absolute Gasteiger partial charge is 0.493 e. The minimum atomic E-state index is 0.616. The fraction of sp³-hybridized carbons (Fsp3) is 0.625. The molecule has 4 nitrogen and oxygen atoms in total. The fourth-order valence-corrected chi connectivity index (χ4v) is 2.89. The molecule has 1 saturated heterocycles. The van der Waals surface area contributed by atoms with Gasteiger partial charge in [0.1, 0.15) is 0 Å². The molecule has 0 saturated carbocycles. The number of hydrogen-bond donors (Lipinski definition) is 1. The van der Waals surface area contributed by atoms with Gasteiger partial charge in [-0.05, 0) is 32.5 Å². The lowest BCUT2D eigenvalue weighted by atomic mass is 10.0. The highest BCUT2D eigenvalue weighted by Crippen LogP contribution is 2.31. The van der Waals surface area contributed by atoms with Crippen molar-refractivity contribution in [2.24, 2.45) is 0 Å². The zero-order valence-electron chi connectivity index (χ0n) is 12.8. The Morgan fingerprint density at radius 3 is 2.75 bits per heavy atom. The first kappa shape index (κ1) is 15.1. The van der Waals surface area contributed by atoms with E-state index >= 15 is 0 Å². The average Bonchev–Trinajstić information content (AvgIpc) is 2.47. The minimum Gasteiger partial charge on any atom is -0.493 e. The molecule has 0 aromatic heterocycles. The zero-order chi connectivity index (χ0) is 14.4. The second-order valence-electron chi connectivity index (χ2n) is 5.50. The van der Waals surface area contributed by atoms with E-state index in [1.165, 1.54) is 24.8 Å². The van der Waals surface area contributed by atoms with Crippen molar-refractivity contribution in [2.75, 3.05) is 34.4 Å². The van der Waals surface area contributed by atoms with Crippen LogP contribution in [0, 0.1) is 0 Å². The molecule has 1 aliphatic rings. The van der Waals surface area contributed by atoms with E-state index in [0.717, 1.165) is 31.1 Å². The highest BCUT2D eigenvalue weighted by atomic mass is 16.5. The average molecular weight is 278 g/mol. The summed E-state index contributed by atoms with van der Waals surface area (Å²) in [5.74, 6) is 1.65. The van der Waals surface area contributed by atoms with Crippen molar-refractivity contribution >= 4 is 0 Å². The van der Waals surface area contributed by atoms with Crippen LogP contribution >= 0.6 is 0 Å². The highest BCUT2D eigenvalue weighted by molar-refractivity contribution is 5.46. The number of ether oxygens (including phenoxy) is 2. The van der Waals surface area contributed by atoms with Crippen molar-refractivity contribution in [3.05, 3.63) is 23.8 Å². The minimum absolute atomic E-state index is 0.616. The second-order valence-corrected chi connectivity index (χ2v) is 5.50. The van der Waals surface area contributed by atoms with Gasteiger partial charge in [0.05, 0.1) is 14.2 Å². The summed E-state index contributed by atoms with van der Waals surface area (Å²) in [6, 6.07) is 6.67. The molecule has 1 fully saturated rings. The van der Waals surface area contributed by atoms with Gasteiger partial charge in [0.2, 0.25) is 0 Å². The van der Waals surface area contributed by atoms with Crippen LogP contribution in [0.5, 0.6) is 11.5 Å². The first-order chi connectivity index (χ1) is 9.74. The van der Waals surface area contributed by atoms with E-state index in [0.29, 0.717) is 6.04 Å². The third-order valence-corrected chi connectivity index (χ3v) is 3.87. The first-order valence-corrected chi connectivity index (χ1v) is 7.36. The summed E-state index contributed by atoms with van der Waals surface area (Å²) in [5, 5.41) is 3.59. The maximum Gasteiger partial charge on any atom is 0.165 e. The normalized spacial score (nSPS) is 19.1. The first-order valence-electron chi connectivity index (χ1n) is 7.36. The summed E-state index contributed by atoms with van der Waals surface area (Å²) in [7, 11) is 5.54. The van der Waals surface area contributed by atoms with Gasteiger partial charge in [0.15, 0.2) is 11.5 Å². The van der Waals surface area contributed by atoms with Crippen molar-refractivity contribution in [3.63, 3.8) is 0 Å². The number of nitrogens with zero attached hydrogens (tertiary/aromatic N) is 1. The van der Waals surface area contributed by atoms with Crippen molar-refractivity contribution in [1.29, 1.82) is 0 Å². The molecule has 112 valence electrons. The number of para-hydroxylation sites is 1. The maximum atomic E-state index is 5.49. The summed E-state index contributed by atoms with van der Waals surface area (Å²) in [6.45, 7) is 3.10. The Balaban J connectivity index is 1.97. The lowest BCUT2D eigenvalue weighted by Gasteiger charge is -2.28. The second kappa shape index (κ2) is 7.50. The molecule has 1 heterocycles. The van der Waals surface area contributed by atoms with Gasteiger partial charge in [-0.3, -0.25) is 0 Å². The molecule has 0 amide bonds. The van der Waals surface area contributed by atoms with E-state index in [1.807, 2.05) is 12.1 Å². The molecule has 0 spiro atoms. The lowest BCUT2D eigenvalue weighted by Crippen LogP contribution is -2.42. The van der Waals surface area contributed by atoms with Gasteiger partial charge in [-0.2, -0.15) is 0 Å². The summed E-state index contributed by atoms with van der Waals surface area (Å²) >= 11 is 0. The van der Waals surface area contributed by atoms with Crippen molar-refractivity contribution in [1.82, 2.24) is 10.2 Å². The van der Waals surface area contributed by atoms with Crippen LogP contribution in [0.3, 0.4) is 0 Å². The Kier molecular flexibility index (Phi) is 5.68. The van der Waals surface area contributed by atoms with Crippen LogP contribution in [0.2, 0.25) is 0 Å². The molecule has 1 N–H and O–H groups in total. The number of rotatable bonds is 6. The van der Waals surface area contributed by atoms with Crippen LogP contribution in [0.4, 0.5) is 0 Å². The van der Waals surface area contributed by atoms with Crippen LogP contribution in [0.1, 0.15) is 24.8 Å². The number of hydrogen-bond acceptors (Lipinski definition) is 4. The Morgan fingerprint density at radius 2 is 2.10 bits per heavy atom. The van der Waals surface area contributed by atoms with Crippen molar-refractivity contribution in [3.8, 4) is 11.5 Å². The Hall–Kier alpha value is -1.26. The summed E-state index contributed by atoms with van der Waals surface area (Å²) in [4.78, 5) is 2.35. The highest BCUT2D eigenvalue weighted by Gasteiger charge is 2.16. The van der Waals surface area contributed by atoms with E-state index in [4.69, 9.17) is 9.47 Å². The number of methoxy groups -OCH3 is 2. The predicted molar refractivity (Wildman–Crippen MR) is 81.5 cm³/mol. The van der Waals surface area contributed by atoms with Crippen LogP contribution in [-0.4, -0.2) is 45.3 Å². The summed E-state index contributed by atoms with van der Waals surface area (Å²) < 4.78 is 10.8. The molecule has 1 unspecified atom stereocenters. The number of benzene rings is 1. The standard InChI is InChI=1S/C16H26N2O2/c1-18(12-14-8-4-5-10-17-14)11-13-7-6-9-15(19-2)16(13)20-3/h6-7,9,14,17H,4-5,8,10-12H2,1-3H3. The molecule has 0 bridgehead atoms. The fourth-order valence-electron chi connectivity index (χ4n) is 2.89. The number of likely N-dealkylation sites (N-methyl/N-ethyl adjacent to an activating group) is 1. The summed E-state index contributed by atoms with van der Waals surface area (Å²) in [5.41, 5.74) is 1.17. The van der Waals surface area contributed by atoms with E-state index in [1.54, 1.807) is 14.2 Å². The van der Waals surface area contributed by atoms with Crippen LogP contribution in [0.25, 0.3) is 0 Å². The van der Waals surface area contributed by atoms with Gasteiger partial charge in [-0.15, -0.1) is 0 Å². The van der Waals surface area contributed by atoms with Gasteiger partial charge in [0.25, 0.3) is 0 Å². The van der Waals surface area contributed by atoms with Crippen LogP contribution in [0.15, 0.2) is 18.2 Å². The van der Waals surface area contributed by atoms with Gasteiger partial charge in [0, 0.05) is 24.7 Å². The third kappa shape index (κ3) is 3.87. The molecule has 1 aromatic carbocycles. The molecule has 2 rings (SSSR count). The Morgan fingerprint density at radius 1 is 1.25 bits per heavy atom. The van der Waals surface area contributed by atoms with Crippen LogP contribution in [-0.2, 0) is 6.54 Å². The zero-order valence-corrected chi connectivity index (χ0v) is 12.8. The Bertz CT molecular complexity index is 417. The van der Waals surface area contributed by atoms with Gasteiger partial charge >= 0.3 is 0 Å². The van der Waals surface area contributed by atoms with Crippen molar-refractivity contribution < 1.29 is 9.47 Å². The van der Waals surface area contributed by atoms with E-state index < -0.39 is 0 Å². The molecule has 4 heteroatoms. The SMILES string of the molecule is COc1cccc(CN(C)CC2CCCCN2)c1OC. The Labute approximate surface area is 122 Å². The molecule has 1 aliphatic heterocycles. The third-order valence-electron chi connectivity index (χ3n) is 3.87. The topological polar surface area (TPSA) is 33.7 Å². The number of nitrogens with one attached hydrogen (secondary N) is 1. The lowest BCUT2D eigenvalue weighted by molar-refractivity contribution is 0.252. The molecule has 1 aromatic rings. The summed E-state index contributed by atoms with van der Waals surface area (Å²) in [6.07, 6.45) is 3.93. The molecular formula is C16H26N2O2. The van der Waals surface area contributed by atoms with Gasteiger partial charge < -0.3 is 19.7 Å². The van der Waals surface area contributed by atoms with E-state index in [2.05, 4.69) is 23.3 Å². The molecule has 1 atom stereocenters. The molecule has 0 radical (unpaired) electrons. The van der Waals surface area contributed by atoms with E-state index in [9.17, 15) is 0 Å². The molecule has 20 heavy (non-hydrogen) atoms. The van der Waals surface area contributed by atoms with E-state index in [-0.39, 0.29) is 0 Å². The molecule has 0 aliphatic carbocycles. The predicted octanol–water partition coefficient (Wildman–Crippen LogP) is 2.28. The quantitative estimate of drug-likeness (QED) is 0.865. The van der Waals surface area contributed by atoms with Gasteiger partial charge in [-0.1, -0.05) is 18.6 Å².